The predicted octanol–water partition coefficient (Wildman–Crippen LogP) is 12.5. The van der Waals surface area contributed by atoms with Crippen LogP contribution in [0.25, 0.3) is 99.6 Å². The van der Waals surface area contributed by atoms with Gasteiger partial charge in [0.25, 0.3) is 0 Å². The van der Waals surface area contributed by atoms with E-state index >= 15 is 0 Å². The summed E-state index contributed by atoms with van der Waals surface area (Å²) in [6.07, 6.45) is 0. The molecule has 3 heterocycles. The summed E-state index contributed by atoms with van der Waals surface area (Å²) in [5, 5.41) is 6.67. The summed E-state index contributed by atoms with van der Waals surface area (Å²) in [5.41, 5.74) is 11.2. The molecular weight excluding hydrogens is 597 g/mol. The number of para-hydroxylation sites is 2. The van der Waals surface area contributed by atoms with Crippen LogP contribution in [0.15, 0.2) is 174 Å². The van der Waals surface area contributed by atoms with Crippen molar-refractivity contribution in [3.05, 3.63) is 170 Å². The number of aromatic nitrogens is 2. The fourth-order valence-electron chi connectivity index (χ4n) is 7.47. The van der Waals surface area contributed by atoms with Gasteiger partial charge in [0, 0.05) is 27.5 Å². The molecule has 0 aliphatic carbocycles. The smallest absolute Gasteiger partial charge is 0.146 e. The number of hydrogen-bond acceptors (Lipinski definition) is 3. The van der Waals surface area contributed by atoms with Crippen LogP contribution in [0.1, 0.15) is 0 Å². The van der Waals surface area contributed by atoms with Crippen LogP contribution >= 0.6 is 0 Å². The first-order valence-corrected chi connectivity index (χ1v) is 16.6. The van der Waals surface area contributed by atoms with Crippen molar-refractivity contribution in [1.29, 1.82) is 0 Å². The van der Waals surface area contributed by atoms with Gasteiger partial charge in [-0.1, -0.05) is 140 Å². The second-order valence-electron chi connectivity index (χ2n) is 12.5. The minimum absolute atomic E-state index is 0.819. The maximum Gasteiger partial charge on any atom is 0.146 e. The monoisotopic (exact) mass is 624 g/mol. The Kier molecular flexibility index (Phi) is 6.18. The average Bonchev–Trinajstić information content (AvgIpc) is 3.57. The first kappa shape index (κ1) is 27.5. The summed E-state index contributed by atoms with van der Waals surface area (Å²) < 4.78 is 6.99. The Labute approximate surface area is 283 Å². The van der Waals surface area contributed by atoms with E-state index in [4.69, 9.17) is 14.4 Å². The van der Waals surface area contributed by atoms with Crippen molar-refractivity contribution >= 4 is 43.4 Å². The van der Waals surface area contributed by atoms with Crippen molar-refractivity contribution in [3.63, 3.8) is 0 Å². The van der Waals surface area contributed by atoms with E-state index in [9.17, 15) is 0 Å². The molecule has 0 bridgehead atoms. The third-order valence-electron chi connectivity index (χ3n) is 9.64. The highest BCUT2D eigenvalue weighted by Crippen LogP contribution is 2.50. The molecule has 2 aliphatic rings. The number of nitrogens with zero attached hydrogens (tertiary/aromatic N) is 2. The standard InChI is InChI=1S/C46H28N2O/c1-3-15-29(16-4-1)39-27-31(28-40(47-39)30-17-5-2-6-18-30)42-32-19-7-9-21-34(32)43(35-22-10-8-20-33(35)42)46-44-36-23-11-13-25-38(36)48-45(44)37-24-12-14-26-41(37)49-46/h1-28H. The lowest BCUT2D eigenvalue weighted by atomic mass is 9.85. The van der Waals surface area contributed by atoms with Gasteiger partial charge in [-0.25, -0.2) is 9.97 Å². The number of rotatable bonds is 4. The van der Waals surface area contributed by atoms with Gasteiger partial charge < -0.3 is 4.42 Å². The SMILES string of the molecule is c1ccc(-c2cc(-c3c4ccccc4c(-c4oc5ccccc5c5nc6ccccc6c4-5)c4ccccc34)cc(-c3ccccc3)n2)cc1. The van der Waals surface area contributed by atoms with Gasteiger partial charge in [-0.05, 0) is 63.0 Å². The average molecular weight is 625 g/mol. The molecule has 0 radical (unpaired) electrons. The second kappa shape index (κ2) is 11.0. The zero-order chi connectivity index (χ0) is 32.3. The molecule has 7 aromatic carbocycles. The zero-order valence-electron chi connectivity index (χ0n) is 26.5. The summed E-state index contributed by atoms with van der Waals surface area (Å²) >= 11 is 0. The highest BCUT2D eigenvalue weighted by Gasteiger charge is 2.27. The van der Waals surface area contributed by atoms with Gasteiger partial charge in [0.1, 0.15) is 11.3 Å². The lowest BCUT2D eigenvalue weighted by Crippen LogP contribution is -1.95. The minimum atomic E-state index is 0.819. The van der Waals surface area contributed by atoms with Crippen LogP contribution in [0.5, 0.6) is 0 Å². The van der Waals surface area contributed by atoms with Gasteiger partial charge in [-0.3, -0.25) is 0 Å². The number of pyridine rings is 1. The lowest BCUT2D eigenvalue weighted by Gasteiger charge is -2.20. The highest BCUT2D eigenvalue weighted by atomic mass is 16.3. The Morgan fingerprint density at radius 1 is 0.347 bits per heavy atom. The summed E-state index contributed by atoms with van der Waals surface area (Å²) in [4.78, 5) is 10.4. The van der Waals surface area contributed by atoms with Crippen LogP contribution in [0, 0.1) is 0 Å². The Bertz CT molecular complexity index is 2700. The highest BCUT2D eigenvalue weighted by molar-refractivity contribution is 6.24. The molecule has 3 heteroatoms. The lowest BCUT2D eigenvalue weighted by molar-refractivity contribution is 0.623. The topological polar surface area (TPSA) is 38.9 Å². The van der Waals surface area contributed by atoms with Crippen LogP contribution in [0.2, 0.25) is 0 Å². The Hall–Kier alpha value is -6.58. The summed E-state index contributed by atoms with van der Waals surface area (Å²) in [7, 11) is 0. The fraction of sp³-hybridized carbons (Fsp3) is 0. The summed E-state index contributed by atoms with van der Waals surface area (Å²) in [5.74, 6) is 0.839. The summed E-state index contributed by atoms with van der Waals surface area (Å²) in [6, 6.07) is 59.4. The number of fused-ring (bicyclic) bond motifs is 7. The fourth-order valence-corrected chi connectivity index (χ4v) is 7.47. The molecule has 228 valence electrons. The molecule has 0 amide bonds. The molecule has 0 saturated heterocycles. The van der Waals surface area contributed by atoms with Crippen LogP contribution < -0.4 is 0 Å². The molecule has 0 atom stereocenters. The van der Waals surface area contributed by atoms with Gasteiger partial charge in [0.05, 0.1) is 28.2 Å². The van der Waals surface area contributed by atoms with Crippen molar-refractivity contribution in [1.82, 2.24) is 9.97 Å². The first-order chi connectivity index (χ1) is 24.3. The van der Waals surface area contributed by atoms with Crippen molar-refractivity contribution in [2.75, 3.05) is 0 Å². The predicted molar refractivity (Wildman–Crippen MR) is 203 cm³/mol. The van der Waals surface area contributed by atoms with E-state index in [1.807, 2.05) is 24.3 Å². The molecule has 0 N–H and O–H groups in total. The molecule has 10 rings (SSSR count). The van der Waals surface area contributed by atoms with Crippen LogP contribution in [0.3, 0.4) is 0 Å². The number of benzene rings is 7. The van der Waals surface area contributed by atoms with E-state index in [0.29, 0.717) is 0 Å². The van der Waals surface area contributed by atoms with Gasteiger partial charge >= 0.3 is 0 Å². The minimum Gasteiger partial charge on any atom is -0.455 e. The summed E-state index contributed by atoms with van der Waals surface area (Å²) in [6.45, 7) is 0. The molecule has 0 unspecified atom stereocenters. The Morgan fingerprint density at radius 2 is 0.816 bits per heavy atom. The molecule has 2 aliphatic heterocycles. The molecule has 3 nitrogen and oxygen atoms in total. The van der Waals surface area contributed by atoms with Crippen LogP contribution in [-0.4, -0.2) is 9.97 Å². The van der Waals surface area contributed by atoms with E-state index in [2.05, 4.69) is 146 Å². The van der Waals surface area contributed by atoms with E-state index in [-0.39, 0.29) is 0 Å². The van der Waals surface area contributed by atoms with Gasteiger partial charge in [-0.2, -0.15) is 0 Å². The molecule has 0 fully saturated rings. The van der Waals surface area contributed by atoms with Crippen molar-refractivity contribution in [2.24, 2.45) is 0 Å². The molecule has 0 spiro atoms. The third-order valence-corrected chi connectivity index (χ3v) is 9.64. The van der Waals surface area contributed by atoms with E-state index in [1.54, 1.807) is 0 Å². The van der Waals surface area contributed by atoms with E-state index in [0.717, 1.165) is 94.1 Å². The van der Waals surface area contributed by atoms with Crippen LogP contribution in [-0.2, 0) is 0 Å². The molecule has 1 aromatic heterocycles. The quantitative estimate of drug-likeness (QED) is 0.183. The van der Waals surface area contributed by atoms with Gasteiger partial charge in [-0.15, -0.1) is 0 Å². The Balaban J connectivity index is 1.34. The van der Waals surface area contributed by atoms with Crippen molar-refractivity contribution in [3.8, 4) is 56.2 Å². The van der Waals surface area contributed by atoms with Crippen molar-refractivity contribution in [2.45, 2.75) is 0 Å². The second-order valence-corrected chi connectivity index (χ2v) is 12.5. The maximum atomic E-state index is 6.99. The molecule has 0 saturated carbocycles. The van der Waals surface area contributed by atoms with Crippen molar-refractivity contribution < 1.29 is 4.42 Å². The molecule has 49 heavy (non-hydrogen) atoms. The maximum absolute atomic E-state index is 6.99. The van der Waals surface area contributed by atoms with E-state index < -0.39 is 0 Å². The third kappa shape index (κ3) is 4.37. The first-order valence-electron chi connectivity index (χ1n) is 16.6. The normalized spacial score (nSPS) is 11.7. The van der Waals surface area contributed by atoms with E-state index in [1.165, 1.54) is 5.56 Å². The largest absolute Gasteiger partial charge is 0.455 e. The van der Waals surface area contributed by atoms with Gasteiger partial charge in [0.15, 0.2) is 0 Å². The molecule has 8 aromatic rings. The zero-order valence-corrected chi connectivity index (χ0v) is 26.5. The van der Waals surface area contributed by atoms with Crippen LogP contribution in [0.4, 0.5) is 0 Å². The number of hydrogen-bond donors (Lipinski definition) is 0. The van der Waals surface area contributed by atoms with Gasteiger partial charge in [0.2, 0.25) is 0 Å². The molecular formula is C46H28N2O. The Morgan fingerprint density at radius 3 is 1.41 bits per heavy atom.